The second-order valence-electron chi connectivity index (χ2n) is 10.3. The number of carboxylic acids is 1. The van der Waals surface area contributed by atoms with Crippen LogP contribution in [0.2, 0.25) is 0 Å². The number of anilines is 2. The highest BCUT2D eigenvalue weighted by Crippen LogP contribution is 2.24. The lowest BCUT2D eigenvalue weighted by Gasteiger charge is -2.21. The van der Waals surface area contributed by atoms with Gasteiger partial charge in [-0.3, -0.25) is 31.1 Å². The molecule has 0 aliphatic carbocycles. The third-order valence-corrected chi connectivity index (χ3v) is 5.36. The van der Waals surface area contributed by atoms with Crippen molar-refractivity contribution >= 4 is 79.3 Å². The first-order valence-corrected chi connectivity index (χ1v) is 13.3. The maximum atomic E-state index is 11.9. The van der Waals surface area contributed by atoms with Crippen LogP contribution in [0.15, 0.2) is 45.3 Å². The maximum absolute atomic E-state index is 11.9. The first-order chi connectivity index (χ1) is 17.8. The van der Waals surface area contributed by atoms with E-state index in [1.165, 1.54) is 32.0 Å². The second-order valence-corrected chi connectivity index (χ2v) is 12.0. The Morgan fingerprint density at radius 3 is 1.43 bits per heavy atom. The molecule has 2 aromatic rings. The van der Waals surface area contributed by atoms with E-state index in [-0.39, 0.29) is 46.8 Å². The first-order valence-electron chi connectivity index (χ1n) is 11.7. The number of nitrogens with two attached hydrogens (primary N) is 1. The Morgan fingerprint density at radius 2 is 1.12 bits per heavy atom. The van der Waals surface area contributed by atoms with Gasteiger partial charge in [0.15, 0.2) is 0 Å². The Morgan fingerprint density at radius 1 is 0.750 bits per heavy atom. The van der Waals surface area contributed by atoms with Gasteiger partial charge in [-0.15, -0.1) is 12.4 Å². The average Bonchev–Trinajstić information content (AvgIpc) is 2.79. The maximum Gasteiger partial charge on any atom is 0.335 e. The van der Waals surface area contributed by atoms with Crippen molar-refractivity contribution in [2.75, 3.05) is 10.6 Å². The molecule has 0 bridgehead atoms. The van der Waals surface area contributed by atoms with E-state index in [0.717, 1.165) is 0 Å². The van der Waals surface area contributed by atoms with Crippen molar-refractivity contribution < 1.29 is 24.3 Å². The van der Waals surface area contributed by atoms with Crippen molar-refractivity contribution in [3.05, 3.63) is 56.5 Å². The van der Waals surface area contributed by atoms with Crippen molar-refractivity contribution in [3.8, 4) is 0 Å². The molecule has 0 spiro atoms. The average molecular weight is 711 g/mol. The number of rotatable bonds is 5. The quantitative estimate of drug-likeness (QED) is 0.163. The van der Waals surface area contributed by atoms with Gasteiger partial charge >= 0.3 is 5.97 Å². The van der Waals surface area contributed by atoms with Crippen LogP contribution in [0.25, 0.3) is 0 Å². The lowest BCUT2D eigenvalue weighted by molar-refractivity contribution is -0.115. The monoisotopic (exact) mass is 708 g/mol. The number of nitrogens with one attached hydrogen (secondary N) is 5. The summed E-state index contributed by atoms with van der Waals surface area (Å²) in [5, 5.41) is 13.9. The molecule has 11 nitrogen and oxygen atoms in total. The second kappa shape index (κ2) is 18.0. The highest BCUT2D eigenvalue weighted by atomic mass is 79.9. The van der Waals surface area contributed by atoms with Gasteiger partial charge in [0.25, 0.3) is 5.91 Å². The summed E-state index contributed by atoms with van der Waals surface area (Å²) in [5.74, 6) is 3.46. The minimum Gasteiger partial charge on any atom is -0.478 e. The molecular weight excluding hydrogens is 672 g/mol. The molecule has 2 rings (SSSR count). The lowest BCUT2D eigenvalue weighted by atomic mass is 10.1. The summed E-state index contributed by atoms with van der Waals surface area (Å²) in [4.78, 5) is 44.2. The van der Waals surface area contributed by atoms with E-state index in [1.54, 1.807) is 18.2 Å². The van der Waals surface area contributed by atoms with Crippen LogP contribution in [-0.4, -0.2) is 39.9 Å². The van der Waals surface area contributed by atoms with Crippen molar-refractivity contribution in [1.82, 2.24) is 16.3 Å². The van der Waals surface area contributed by atoms with Crippen LogP contribution in [0.1, 0.15) is 76.1 Å². The summed E-state index contributed by atoms with van der Waals surface area (Å²) in [6.45, 7) is 14.7. The lowest BCUT2D eigenvalue weighted by Crippen LogP contribution is -2.48. The van der Waals surface area contributed by atoms with Gasteiger partial charge in [0, 0.05) is 39.4 Å². The molecular formula is C26H39Br2ClN6O5. The van der Waals surface area contributed by atoms with Gasteiger partial charge < -0.3 is 15.7 Å². The zero-order valence-corrected chi connectivity index (χ0v) is 27.8. The predicted octanol–water partition coefficient (Wildman–Crippen LogP) is 5.22. The summed E-state index contributed by atoms with van der Waals surface area (Å²) in [6, 6.07) is 9.39. The minimum atomic E-state index is -1.000. The topological polar surface area (TPSA) is 175 Å². The van der Waals surface area contributed by atoms with Gasteiger partial charge in [0.2, 0.25) is 11.8 Å². The number of halogens is 3. The number of hydrogen-bond donors (Lipinski definition) is 7. The van der Waals surface area contributed by atoms with E-state index < -0.39 is 5.97 Å². The molecule has 0 atom stereocenters. The Balaban J connectivity index is 0. The van der Waals surface area contributed by atoms with Crippen LogP contribution in [0.3, 0.4) is 0 Å². The largest absolute Gasteiger partial charge is 0.478 e. The van der Waals surface area contributed by atoms with E-state index in [4.69, 9.17) is 10.9 Å². The fourth-order valence-electron chi connectivity index (χ4n) is 2.20. The molecule has 2 aromatic carbocycles. The van der Waals surface area contributed by atoms with E-state index in [9.17, 15) is 19.2 Å². The molecule has 0 heterocycles. The number of carbonyl (C=O) groups excluding carboxylic acids is 3. The number of carboxylic acid groups (broad SMARTS) is 1. The van der Waals surface area contributed by atoms with Crippen molar-refractivity contribution in [3.63, 3.8) is 0 Å². The number of benzene rings is 2. The van der Waals surface area contributed by atoms with E-state index in [2.05, 4.69) is 58.8 Å². The molecule has 0 unspecified atom stereocenters. The summed E-state index contributed by atoms with van der Waals surface area (Å²) < 4.78 is 1.21. The fraction of sp³-hybridized carbons (Fsp3) is 0.385. The molecule has 224 valence electrons. The Hall–Kier alpha value is -2.55. The van der Waals surface area contributed by atoms with Gasteiger partial charge in [0.1, 0.15) is 0 Å². The summed E-state index contributed by atoms with van der Waals surface area (Å²) in [5.41, 5.74) is 9.86. The zero-order chi connectivity index (χ0) is 30.6. The van der Waals surface area contributed by atoms with Crippen molar-refractivity contribution in [2.45, 2.75) is 66.5 Å². The molecule has 40 heavy (non-hydrogen) atoms. The van der Waals surface area contributed by atoms with Crippen LogP contribution in [0, 0.1) is 0 Å². The Labute approximate surface area is 258 Å². The highest BCUT2D eigenvalue weighted by molar-refractivity contribution is 9.11. The number of hydrazine groups is 2. The zero-order valence-electron chi connectivity index (χ0n) is 23.8. The van der Waals surface area contributed by atoms with Crippen LogP contribution >= 0.6 is 44.3 Å². The number of hydrogen-bond acceptors (Lipinski definition) is 7. The smallest absolute Gasteiger partial charge is 0.335 e. The van der Waals surface area contributed by atoms with Gasteiger partial charge in [-0.1, -0.05) is 0 Å². The third-order valence-electron chi connectivity index (χ3n) is 4.05. The van der Waals surface area contributed by atoms with Gasteiger partial charge in [0.05, 0.1) is 16.9 Å². The normalized spacial score (nSPS) is 10.4. The standard InChI is InChI=1S/C13H18BrN3O2.C9H8BrNO3.C4H12N2.ClH/c1-8(18)15-11-6-5-9(7-10(11)14)12(19)16-17-13(2,3)4;1-5(12)11-8-3-2-6(9(13)14)4-7(8)10;1-4(2,3)6-5;/h5-7,17H,1-4H3,(H,15,18)(H,16,19);2-4H,1H3,(H,11,12)(H,13,14);6H,5H2,1-3H3;1H. The SMILES string of the molecule is CC(=O)Nc1ccc(C(=O)NNC(C)(C)C)cc1Br.CC(=O)Nc1ccc(C(=O)O)cc1Br.CC(C)(C)NN.Cl. The van der Waals surface area contributed by atoms with E-state index in [0.29, 0.717) is 25.9 Å². The molecule has 3 amide bonds. The number of carbonyl (C=O) groups is 4. The van der Waals surface area contributed by atoms with E-state index >= 15 is 0 Å². The van der Waals surface area contributed by atoms with Crippen LogP contribution in [0.5, 0.6) is 0 Å². The van der Waals surface area contributed by atoms with E-state index in [1.807, 2.05) is 41.5 Å². The van der Waals surface area contributed by atoms with Gasteiger partial charge in [-0.05, 0) is 110 Å². The summed E-state index contributed by atoms with van der Waals surface area (Å²) in [7, 11) is 0. The molecule has 0 saturated heterocycles. The number of amides is 3. The molecule has 0 radical (unpaired) electrons. The summed E-state index contributed by atoms with van der Waals surface area (Å²) >= 11 is 6.49. The van der Waals surface area contributed by atoms with Crippen LogP contribution in [-0.2, 0) is 9.59 Å². The predicted molar refractivity (Wildman–Crippen MR) is 169 cm³/mol. The minimum absolute atomic E-state index is 0. The van der Waals surface area contributed by atoms with Crippen LogP contribution < -0.4 is 32.8 Å². The molecule has 0 aromatic heterocycles. The van der Waals surface area contributed by atoms with Crippen molar-refractivity contribution in [2.24, 2.45) is 5.84 Å². The Kier molecular flexibility index (Phi) is 17.8. The van der Waals surface area contributed by atoms with Crippen molar-refractivity contribution in [1.29, 1.82) is 0 Å². The number of aromatic carboxylic acids is 1. The molecule has 8 N–H and O–H groups in total. The molecule has 0 fully saturated rings. The van der Waals surface area contributed by atoms with Crippen LogP contribution in [0.4, 0.5) is 11.4 Å². The highest BCUT2D eigenvalue weighted by Gasteiger charge is 2.13. The fourth-order valence-corrected chi connectivity index (χ4v) is 3.16. The third kappa shape index (κ3) is 17.9. The summed E-state index contributed by atoms with van der Waals surface area (Å²) in [6.07, 6.45) is 0. The molecule has 0 aliphatic heterocycles. The molecule has 14 heteroatoms. The molecule has 0 saturated carbocycles. The molecule has 0 aliphatic rings. The first kappa shape index (κ1) is 39.6. The van der Waals surface area contributed by atoms with Gasteiger partial charge in [-0.25, -0.2) is 10.2 Å². The van der Waals surface area contributed by atoms with Gasteiger partial charge in [-0.2, -0.15) is 0 Å². The Bertz CT molecular complexity index is 1170.